The Kier molecular flexibility index (Phi) is 3.68. The van der Waals surface area contributed by atoms with Crippen LogP contribution in [-0.2, 0) is 13.6 Å². The predicted octanol–water partition coefficient (Wildman–Crippen LogP) is 1.15. The average molecular weight is 287 g/mol. The van der Waals surface area contributed by atoms with Crippen LogP contribution in [0.25, 0.3) is 10.9 Å². The fraction of sp³-hybridized carbons (Fsp3) is 0.500. The lowest BCUT2D eigenvalue weighted by Crippen LogP contribution is -2.46. The zero-order valence-corrected chi connectivity index (χ0v) is 12.6. The van der Waals surface area contributed by atoms with Crippen molar-refractivity contribution in [1.29, 1.82) is 0 Å². The summed E-state index contributed by atoms with van der Waals surface area (Å²) in [7, 11) is 1.73. The van der Waals surface area contributed by atoms with Gasteiger partial charge in [-0.3, -0.25) is 13.9 Å². The molecule has 0 amide bonds. The number of fused-ring (bicyclic) bond motifs is 1. The molecule has 2 aromatic rings. The van der Waals surface area contributed by atoms with Crippen LogP contribution in [0.1, 0.15) is 24.8 Å². The zero-order valence-electron chi connectivity index (χ0n) is 12.6. The van der Waals surface area contributed by atoms with E-state index in [1.165, 1.54) is 11.0 Å². The Hall–Kier alpha value is -1.88. The van der Waals surface area contributed by atoms with Gasteiger partial charge in [-0.2, -0.15) is 0 Å². The molecule has 1 saturated heterocycles. The van der Waals surface area contributed by atoms with Crippen molar-refractivity contribution in [2.75, 3.05) is 6.54 Å². The second kappa shape index (κ2) is 5.48. The van der Waals surface area contributed by atoms with Gasteiger partial charge in [0.1, 0.15) is 0 Å². The summed E-state index contributed by atoms with van der Waals surface area (Å²) in [5.41, 5.74) is 1.32. The average Bonchev–Trinajstić information content (AvgIpc) is 2.50. The molecule has 1 unspecified atom stereocenters. The third-order valence-electron chi connectivity index (χ3n) is 4.32. The highest BCUT2D eigenvalue weighted by Crippen LogP contribution is 2.11. The first kappa shape index (κ1) is 14.1. The number of aryl methyl sites for hydroxylation is 2. The van der Waals surface area contributed by atoms with Gasteiger partial charge in [-0.05, 0) is 38.4 Å². The van der Waals surface area contributed by atoms with E-state index in [4.69, 9.17) is 0 Å². The molecule has 0 aliphatic carbocycles. The summed E-state index contributed by atoms with van der Waals surface area (Å²) in [6.45, 7) is 3.37. The van der Waals surface area contributed by atoms with Crippen molar-refractivity contribution in [2.24, 2.45) is 7.05 Å². The van der Waals surface area contributed by atoms with E-state index in [1.54, 1.807) is 11.6 Å². The third kappa shape index (κ3) is 2.53. The van der Waals surface area contributed by atoms with Gasteiger partial charge in [0.05, 0.1) is 10.9 Å². The summed E-state index contributed by atoms with van der Waals surface area (Å²) in [5, 5.41) is 4.01. The van der Waals surface area contributed by atoms with Crippen molar-refractivity contribution < 1.29 is 0 Å². The molecule has 5 nitrogen and oxygen atoms in total. The van der Waals surface area contributed by atoms with E-state index in [1.807, 2.05) is 25.1 Å². The van der Waals surface area contributed by atoms with Crippen LogP contribution >= 0.6 is 0 Å². The molecule has 21 heavy (non-hydrogen) atoms. The van der Waals surface area contributed by atoms with Crippen LogP contribution in [0, 0.1) is 6.92 Å². The summed E-state index contributed by atoms with van der Waals surface area (Å²) in [5.74, 6) is 0. The largest absolute Gasteiger partial charge is 0.331 e. The van der Waals surface area contributed by atoms with Gasteiger partial charge < -0.3 is 5.32 Å². The molecule has 5 heteroatoms. The summed E-state index contributed by atoms with van der Waals surface area (Å²) >= 11 is 0. The molecule has 112 valence electrons. The normalized spacial score (nSPS) is 19.0. The fourth-order valence-electron chi connectivity index (χ4n) is 3.09. The molecule has 1 N–H and O–H groups in total. The van der Waals surface area contributed by atoms with Gasteiger partial charge in [0.25, 0.3) is 5.56 Å². The molecule has 1 aromatic heterocycles. The minimum atomic E-state index is -0.233. The standard InChI is InChI=1S/C16H21N3O2/c1-11-6-7-14-13(9-11)15(20)19(16(21)18(14)2)10-12-5-3-4-8-17-12/h6-7,9,12,17H,3-5,8,10H2,1-2H3. The van der Waals surface area contributed by atoms with Gasteiger partial charge >= 0.3 is 5.69 Å². The summed E-state index contributed by atoms with van der Waals surface area (Å²) in [6, 6.07) is 5.85. The Balaban J connectivity index is 2.13. The molecule has 0 bridgehead atoms. The molecule has 1 aliphatic rings. The quantitative estimate of drug-likeness (QED) is 0.901. The number of hydrogen-bond donors (Lipinski definition) is 1. The molecule has 1 aliphatic heterocycles. The van der Waals surface area contributed by atoms with E-state index < -0.39 is 0 Å². The maximum atomic E-state index is 12.6. The van der Waals surface area contributed by atoms with Gasteiger partial charge in [0.15, 0.2) is 0 Å². The van der Waals surface area contributed by atoms with Crippen molar-refractivity contribution in [3.05, 3.63) is 44.6 Å². The number of piperidine rings is 1. The maximum Gasteiger partial charge on any atom is 0.331 e. The number of nitrogens with zero attached hydrogens (tertiary/aromatic N) is 2. The second-order valence-corrected chi connectivity index (χ2v) is 5.92. The second-order valence-electron chi connectivity index (χ2n) is 5.92. The van der Waals surface area contributed by atoms with Gasteiger partial charge in [0.2, 0.25) is 0 Å². The molecule has 1 fully saturated rings. The summed E-state index contributed by atoms with van der Waals surface area (Å²) in [4.78, 5) is 25.1. The van der Waals surface area contributed by atoms with E-state index in [9.17, 15) is 9.59 Å². The maximum absolute atomic E-state index is 12.6. The first-order valence-electron chi connectivity index (χ1n) is 7.51. The highest BCUT2D eigenvalue weighted by atomic mass is 16.2. The Morgan fingerprint density at radius 3 is 2.81 bits per heavy atom. The monoisotopic (exact) mass is 287 g/mol. The Morgan fingerprint density at radius 1 is 1.29 bits per heavy atom. The molecule has 1 aromatic carbocycles. The van der Waals surface area contributed by atoms with Crippen LogP contribution in [0.15, 0.2) is 27.8 Å². The number of nitrogens with one attached hydrogen (secondary N) is 1. The van der Waals surface area contributed by atoms with E-state index in [0.29, 0.717) is 17.4 Å². The number of benzene rings is 1. The third-order valence-corrected chi connectivity index (χ3v) is 4.32. The highest BCUT2D eigenvalue weighted by Gasteiger charge is 2.17. The molecule has 3 rings (SSSR count). The fourth-order valence-corrected chi connectivity index (χ4v) is 3.09. The highest BCUT2D eigenvalue weighted by molar-refractivity contribution is 5.78. The van der Waals surface area contributed by atoms with Gasteiger partial charge in [-0.25, -0.2) is 4.79 Å². The van der Waals surface area contributed by atoms with E-state index in [0.717, 1.165) is 24.9 Å². The van der Waals surface area contributed by atoms with Crippen LogP contribution in [0.5, 0.6) is 0 Å². The lowest BCUT2D eigenvalue weighted by atomic mass is 10.1. The van der Waals surface area contributed by atoms with Crippen molar-refractivity contribution in [1.82, 2.24) is 14.5 Å². The van der Waals surface area contributed by atoms with Crippen molar-refractivity contribution in [3.8, 4) is 0 Å². The minimum absolute atomic E-state index is 0.177. The van der Waals surface area contributed by atoms with Gasteiger partial charge in [-0.1, -0.05) is 18.1 Å². The molecule has 0 radical (unpaired) electrons. The smallest absolute Gasteiger partial charge is 0.312 e. The predicted molar refractivity (Wildman–Crippen MR) is 83.8 cm³/mol. The molecule has 1 atom stereocenters. The van der Waals surface area contributed by atoms with Gasteiger partial charge in [-0.15, -0.1) is 0 Å². The number of rotatable bonds is 2. The van der Waals surface area contributed by atoms with Crippen molar-refractivity contribution >= 4 is 10.9 Å². The van der Waals surface area contributed by atoms with Gasteiger partial charge in [0, 0.05) is 19.6 Å². The van der Waals surface area contributed by atoms with Crippen LogP contribution in [0.2, 0.25) is 0 Å². The van der Waals surface area contributed by atoms with Crippen molar-refractivity contribution in [2.45, 2.75) is 38.8 Å². The summed E-state index contributed by atoms with van der Waals surface area (Å²) in [6.07, 6.45) is 3.33. The molecule has 2 heterocycles. The molecular weight excluding hydrogens is 266 g/mol. The van der Waals surface area contributed by atoms with Crippen molar-refractivity contribution in [3.63, 3.8) is 0 Å². The Labute approximate surface area is 123 Å². The SMILES string of the molecule is Cc1ccc2c(c1)c(=O)n(CC1CCCCN1)c(=O)n2C. The first-order valence-corrected chi connectivity index (χ1v) is 7.51. The number of hydrogen-bond acceptors (Lipinski definition) is 3. The molecular formula is C16H21N3O2. The van der Waals surface area contributed by atoms with E-state index >= 15 is 0 Å². The summed E-state index contributed by atoms with van der Waals surface area (Å²) < 4.78 is 2.95. The van der Waals surface area contributed by atoms with E-state index in [-0.39, 0.29) is 17.3 Å². The minimum Gasteiger partial charge on any atom is -0.312 e. The van der Waals surface area contributed by atoms with E-state index in [2.05, 4.69) is 5.32 Å². The topological polar surface area (TPSA) is 56.0 Å². The lowest BCUT2D eigenvalue weighted by molar-refractivity contribution is 0.353. The first-order chi connectivity index (χ1) is 10.1. The Bertz CT molecular complexity index is 782. The lowest BCUT2D eigenvalue weighted by Gasteiger charge is -2.24. The Morgan fingerprint density at radius 2 is 2.10 bits per heavy atom. The molecule has 0 saturated carbocycles. The van der Waals surface area contributed by atoms with Crippen LogP contribution in [0.4, 0.5) is 0 Å². The van der Waals surface area contributed by atoms with Crippen LogP contribution < -0.4 is 16.6 Å². The van der Waals surface area contributed by atoms with Crippen LogP contribution in [0.3, 0.4) is 0 Å². The van der Waals surface area contributed by atoms with Crippen LogP contribution in [-0.4, -0.2) is 21.7 Å². The zero-order chi connectivity index (χ0) is 15.0. The molecule has 0 spiro atoms. The number of aromatic nitrogens is 2.